The SMILES string of the molecule is CC=C(F)/C=C/F. The van der Waals surface area contributed by atoms with Crippen molar-refractivity contribution in [2.24, 2.45) is 0 Å². The molecule has 0 nitrogen and oxygen atoms in total. The van der Waals surface area contributed by atoms with Crippen LogP contribution in [-0.4, -0.2) is 0 Å². The molecule has 0 aliphatic heterocycles. The molecule has 0 radical (unpaired) electrons. The highest BCUT2D eigenvalue weighted by Crippen LogP contribution is 1.95. The van der Waals surface area contributed by atoms with Gasteiger partial charge in [0, 0.05) is 6.08 Å². The molecule has 7 heavy (non-hydrogen) atoms. The van der Waals surface area contributed by atoms with Crippen LogP contribution < -0.4 is 0 Å². The van der Waals surface area contributed by atoms with Crippen molar-refractivity contribution < 1.29 is 8.78 Å². The maximum atomic E-state index is 11.7. The number of rotatable bonds is 1. The number of allylic oxidation sites excluding steroid dienone is 3. The topological polar surface area (TPSA) is 0 Å². The molecular weight excluding hydrogens is 98.1 g/mol. The quantitative estimate of drug-likeness (QED) is 0.448. The minimum Gasteiger partial charge on any atom is -0.215 e. The monoisotopic (exact) mass is 104 g/mol. The second-order valence-electron chi connectivity index (χ2n) is 0.966. The lowest BCUT2D eigenvalue weighted by Gasteiger charge is -1.74. The summed E-state index contributed by atoms with van der Waals surface area (Å²) in [6.45, 7) is 1.50. The molecule has 0 aliphatic carbocycles. The molecule has 0 aliphatic rings. The zero-order valence-electron chi connectivity index (χ0n) is 3.99. The third-order valence-corrected chi connectivity index (χ3v) is 0.498. The summed E-state index contributed by atoms with van der Waals surface area (Å²) >= 11 is 0. The lowest BCUT2D eigenvalue weighted by atomic mass is 10.5. The Bertz CT molecular complexity index is 92.3. The molecule has 0 saturated heterocycles. The van der Waals surface area contributed by atoms with Gasteiger partial charge in [0.2, 0.25) is 0 Å². The summed E-state index contributed by atoms with van der Waals surface area (Å²) in [5.41, 5.74) is 0. The van der Waals surface area contributed by atoms with Gasteiger partial charge in [-0.3, -0.25) is 0 Å². The molecule has 0 saturated carbocycles. The van der Waals surface area contributed by atoms with Crippen molar-refractivity contribution in [3.8, 4) is 0 Å². The van der Waals surface area contributed by atoms with Crippen molar-refractivity contribution in [2.45, 2.75) is 6.92 Å². The van der Waals surface area contributed by atoms with Crippen LogP contribution in [0.2, 0.25) is 0 Å². The Hall–Kier alpha value is -0.660. The van der Waals surface area contributed by atoms with Gasteiger partial charge < -0.3 is 0 Å². The van der Waals surface area contributed by atoms with Gasteiger partial charge in [-0.1, -0.05) is 6.08 Å². The molecule has 0 amide bonds. The van der Waals surface area contributed by atoms with E-state index in [1.807, 2.05) is 0 Å². The average Bonchev–Trinajstić information content (AvgIpc) is 1.68. The molecule has 0 rings (SSSR count). The first-order valence-electron chi connectivity index (χ1n) is 1.90. The molecule has 40 valence electrons. The van der Waals surface area contributed by atoms with E-state index < -0.39 is 5.83 Å². The van der Waals surface area contributed by atoms with Gasteiger partial charge in [0.25, 0.3) is 0 Å². The molecule has 0 spiro atoms. The molecule has 0 heterocycles. The molecule has 0 N–H and O–H groups in total. The van der Waals surface area contributed by atoms with Crippen molar-refractivity contribution in [3.63, 3.8) is 0 Å². The average molecular weight is 104 g/mol. The molecule has 0 fully saturated rings. The van der Waals surface area contributed by atoms with Crippen LogP contribution in [0.25, 0.3) is 0 Å². The van der Waals surface area contributed by atoms with Gasteiger partial charge in [-0.25, -0.2) is 8.78 Å². The van der Waals surface area contributed by atoms with Crippen molar-refractivity contribution in [1.29, 1.82) is 0 Å². The van der Waals surface area contributed by atoms with Crippen molar-refractivity contribution in [3.05, 3.63) is 24.3 Å². The van der Waals surface area contributed by atoms with Crippen LogP contribution in [0.15, 0.2) is 24.3 Å². The van der Waals surface area contributed by atoms with E-state index >= 15 is 0 Å². The summed E-state index contributed by atoms with van der Waals surface area (Å²) < 4.78 is 22.6. The number of halogens is 2. The van der Waals surface area contributed by atoms with E-state index in [9.17, 15) is 8.78 Å². The zero-order valence-corrected chi connectivity index (χ0v) is 3.99. The molecule has 0 unspecified atom stereocenters. The highest BCUT2D eigenvalue weighted by Gasteiger charge is 1.77. The minimum atomic E-state index is -0.553. The van der Waals surface area contributed by atoms with E-state index in [-0.39, 0.29) is 6.33 Å². The van der Waals surface area contributed by atoms with E-state index in [0.29, 0.717) is 0 Å². The van der Waals surface area contributed by atoms with Gasteiger partial charge in [0.15, 0.2) is 0 Å². The molecule has 0 aromatic carbocycles. The standard InChI is InChI=1S/C5H6F2/c1-2-5(7)3-4-6/h2-4H,1H3/b4-3+,5-2?. The fourth-order valence-electron chi connectivity index (χ4n) is 0.156. The predicted molar refractivity (Wildman–Crippen MR) is 25.1 cm³/mol. The molecule has 0 atom stereocenters. The van der Waals surface area contributed by atoms with Crippen molar-refractivity contribution in [1.82, 2.24) is 0 Å². The van der Waals surface area contributed by atoms with Crippen molar-refractivity contribution >= 4 is 0 Å². The zero-order chi connectivity index (χ0) is 5.70. The van der Waals surface area contributed by atoms with Gasteiger partial charge in [-0.2, -0.15) is 0 Å². The summed E-state index contributed by atoms with van der Waals surface area (Å²) in [7, 11) is 0. The normalized spacial score (nSPS) is 13.3. The first-order valence-corrected chi connectivity index (χ1v) is 1.90. The maximum absolute atomic E-state index is 11.7. The largest absolute Gasteiger partial charge is 0.215 e. The van der Waals surface area contributed by atoms with Crippen molar-refractivity contribution in [2.75, 3.05) is 0 Å². The second-order valence-corrected chi connectivity index (χ2v) is 0.966. The van der Waals surface area contributed by atoms with Crippen LogP contribution in [0.4, 0.5) is 8.78 Å². The van der Waals surface area contributed by atoms with E-state index in [2.05, 4.69) is 0 Å². The Morgan fingerprint density at radius 2 is 2.14 bits per heavy atom. The summed E-state index contributed by atoms with van der Waals surface area (Å²) in [6.07, 6.45) is 2.09. The first kappa shape index (κ1) is 6.34. The Labute approximate surface area is 41.2 Å². The van der Waals surface area contributed by atoms with E-state index in [0.717, 1.165) is 6.08 Å². The summed E-state index contributed by atoms with van der Waals surface area (Å²) in [5.74, 6) is -0.553. The van der Waals surface area contributed by atoms with Gasteiger partial charge in [-0.05, 0) is 6.92 Å². The van der Waals surface area contributed by atoms with Gasteiger partial charge in [0.1, 0.15) is 5.83 Å². The molecule has 0 aromatic heterocycles. The third kappa shape index (κ3) is 3.16. The van der Waals surface area contributed by atoms with Crippen LogP contribution in [0.3, 0.4) is 0 Å². The van der Waals surface area contributed by atoms with E-state index in [1.165, 1.54) is 13.0 Å². The Balaban J connectivity index is 3.58. The summed E-state index contributed by atoms with van der Waals surface area (Å²) in [4.78, 5) is 0. The predicted octanol–water partition coefficient (Wildman–Crippen LogP) is 2.34. The van der Waals surface area contributed by atoms with E-state index in [4.69, 9.17) is 0 Å². The van der Waals surface area contributed by atoms with Crippen LogP contribution >= 0.6 is 0 Å². The lowest BCUT2D eigenvalue weighted by molar-refractivity contribution is 0.650. The third-order valence-electron chi connectivity index (χ3n) is 0.498. The first-order chi connectivity index (χ1) is 3.31. The smallest absolute Gasteiger partial charge is 0.121 e. The number of hydrogen-bond donors (Lipinski definition) is 0. The second kappa shape index (κ2) is 3.53. The minimum absolute atomic E-state index is 0.162. The van der Waals surface area contributed by atoms with Gasteiger partial charge in [0.05, 0.1) is 6.33 Å². The molecule has 2 heteroatoms. The Morgan fingerprint density at radius 1 is 1.57 bits per heavy atom. The van der Waals surface area contributed by atoms with Gasteiger partial charge >= 0.3 is 0 Å². The molecule has 0 bridgehead atoms. The summed E-state index contributed by atoms with van der Waals surface area (Å²) in [5, 5.41) is 0. The lowest BCUT2D eigenvalue weighted by Crippen LogP contribution is -1.56. The van der Waals surface area contributed by atoms with Crippen LogP contribution in [0.5, 0.6) is 0 Å². The summed E-state index contributed by atoms with van der Waals surface area (Å²) in [6, 6.07) is 0. The Morgan fingerprint density at radius 3 is 2.29 bits per heavy atom. The highest BCUT2D eigenvalue weighted by atomic mass is 19.1. The highest BCUT2D eigenvalue weighted by molar-refractivity contribution is 5.06. The van der Waals surface area contributed by atoms with Crippen LogP contribution in [0, 0.1) is 0 Å². The Kier molecular flexibility index (Phi) is 3.19. The maximum Gasteiger partial charge on any atom is 0.121 e. The fourth-order valence-corrected chi connectivity index (χ4v) is 0.156. The van der Waals surface area contributed by atoms with E-state index in [1.54, 1.807) is 0 Å². The number of hydrogen-bond acceptors (Lipinski definition) is 0. The van der Waals surface area contributed by atoms with Crippen LogP contribution in [-0.2, 0) is 0 Å². The molecule has 0 aromatic rings. The fraction of sp³-hybridized carbons (Fsp3) is 0.200. The molecular formula is C5H6F2. The van der Waals surface area contributed by atoms with Crippen LogP contribution in [0.1, 0.15) is 6.92 Å². The van der Waals surface area contributed by atoms with Gasteiger partial charge in [-0.15, -0.1) is 0 Å².